The van der Waals surface area contributed by atoms with Crippen LogP contribution < -0.4 is 0 Å². The van der Waals surface area contributed by atoms with E-state index < -0.39 is 12.1 Å². The normalized spacial score (nSPS) is 16.0. The van der Waals surface area contributed by atoms with E-state index in [-0.39, 0.29) is 22.2 Å². The van der Waals surface area contributed by atoms with Gasteiger partial charge in [0.25, 0.3) is 0 Å². The van der Waals surface area contributed by atoms with Gasteiger partial charge < -0.3 is 14.9 Å². The van der Waals surface area contributed by atoms with Crippen molar-refractivity contribution in [3.8, 4) is 5.75 Å². The molecule has 154 valence electrons. The highest BCUT2D eigenvalue weighted by atomic mass is 32.2. The monoisotopic (exact) mass is 396 g/mol. The van der Waals surface area contributed by atoms with E-state index in [4.69, 9.17) is 4.74 Å². The second kappa shape index (κ2) is 8.87. The standard InChI is InChI=1S/C22H36O4S/c1-10-18(20(24)25)26-13(2)14(3)27-15-11-16(21(4,5)6)19(23)17(12-15)22(7,8)9/h11-14,18,23H,10H2,1-9H3,(H,24,25)/t13-,14-,18?/m0/s1. The van der Waals surface area contributed by atoms with E-state index in [1.165, 1.54) is 0 Å². The molecule has 1 aromatic carbocycles. The molecule has 0 aliphatic heterocycles. The Kier molecular flexibility index (Phi) is 7.83. The Morgan fingerprint density at radius 2 is 1.52 bits per heavy atom. The minimum Gasteiger partial charge on any atom is -0.507 e. The summed E-state index contributed by atoms with van der Waals surface area (Å²) < 4.78 is 5.74. The molecule has 0 amide bonds. The van der Waals surface area contributed by atoms with Gasteiger partial charge in [0.2, 0.25) is 0 Å². The maximum absolute atomic E-state index is 11.2. The smallest absolute Gasteiger partial charge is 0.332 e. The molecule has 2 N–H and O–H groups in total. The molecule has 0 fully saturated rings. The molecule has 0 radical (unpaired) electrons. The fourth-order valence-electron chi connectivity index (χ4n) is 2.83. The fraction of sp³-hybridized carbons (Fsp3) is 0.682. The number of hydrogen-bond acceptors (Lipinski definition) is 4. The number of hydrogen-bond donors (Lipinski definition) is 2. The molecule has 1 rings (SSSR count). The number of thioether (sulfide) groups is 1. The quantitative estimate of drug-likeness (QED) is 0.576. The lowest BCUT2D eigenvalue weighted by atomic mass is 9.79. The van der Waals surface area contributed by atoms with E-state index >= 15 is 0 Å². The predicted molar refractivity (Wildman–Crippen MR) is 113 cm³/mol. The summed E-state index contributed by atoms with van der Waals surface area (Å²) in [6.45, 7) is 18.3. The van der Waals surface area contributed by atoms with Crippen LogP contribution in [0.15, 0.2) is 17.0 Å². The number of carboxylic acid groups (broad SMARTS) is 1. The van der Waals surface area contributed by atoms with Gasteiger partial charge in [0, 0.05) is 21.3 Å². The van der Waals surface area contributed by atoms with Crippen molar-refractivity contribution in [2.24, 2.45) is 0 Å². The lowest BCUT2D eigenvalue weighted by Crippen LogP contribution is -2.31. The Labute approximate surface area is 168 Å². The molecule has 1 unspecified atom stereocenters. The average molecular weight is 397 g/mol. The van der Waals surface area contributed by atoms with Crippen LogP contribution in [0.3, 0.4) is 0 Å². The summed E-state index contributed by atoms with van der Waals surface area (Å²) in [5.74, 6) is -0.551. The van der Waals surface area contributed by atoms with Crippen LogP contribution in [0.5, 0.6) is 5.75 Å². The zero-order valence-corrected chi connectivity index (χ0v) is 19.0. The summed E-state index contributed by atoms with van der Waals surface area (Å²) in [5, 5.41) is 20.1. The van der Waals surface area contributed by atoms with E-state index in [1.54, 1.807) is 11.8 Å². The first kappa shape index (κ1) is 23.8. The molecule has 0 heterocycles. The molecule has 0 aliphatic rings. The molecular formula is C22H36O4S. The van der Waals surface area contributed by atoms with Crippen LogP contribution >= 0.6 is 11.8 Å². The van der Waals surface area contributed by atoms with E-state index in [9.17, 15) is 15.0 Å². The Bertz CT molecular complexity index is 620. The lowest BCUT2D eigenvalue weighted by molar-refractivity contribution is -0.153. The summed E-state index contributed by atoms with van der Waals surface area (Å²) in [4.78, 5) is 12.3. The predicted octanol–water partition coefficient (Wildman–Crippen LogP) is 5.74. The van der Waals surface area contributed by atoms with Crippen molar-refractivity contribution in [3.05, 3.63) is 23.3 Å². The van der Waals surface area contributed by atoms with Gasteiger partial charge in [-0.2, -0.15) is 0 Å². The van der Waals surface area contributed by atoms with E-state index in [1.807, 2.05) is 32.9 Å². The summed E-state index contributed by atoms with van der Waals surface area (Å²) in [5.41, 5.74) is 1.50. The number of carbonyl (C=O) groups is 1. The van der Waals surface area contributed by atoms with Gasteiger partial charge in [0.1, 0.15) is 5.75 Å². The molecule has 5 heteroatoms. The highest BCUT2D eigenvalue weighted by molar-refractivity contribution is 8.00. The van der Waals surface area contributed by atoms with Crippen molar-refractivity contribution in [3.63, 3.8) is 0 Å². The molecule has 0 aromatic heterocycles. The molecule has 1 aromatic rings. The molecule has 3 atom stereocenters. The van der Waals surface area contributed by atoms with Gasteiger partial charge in [-0.3, -0.25) is 0 Å². The van der Waals surface area contributed by atoms with Crippen molar-refractivity contribution >= 4 is 17.7 Å². The van der Waals surface area contributed by atoms with Crippen molar-refractivity contribution in [2.75, 3.05) is 0 Å². The van der Waals surface area contributed by atoms with Gasteiger partial charge in [-0.15, -0.1) is 11.8 Å². The van der Waals surface area contributed by atoms with Gasteiger partial charge in [-0.1, -0.05) is 55.4 Å². The molecule has 0 spiro atoms. The highest BCUT2D eigenvalue weighted by Crippen LogP contribution is 2.42. The van der Waals surface area contributed by atoms with Crippen molar-refractivity contribution < 1.29 is 19.7 Å². The third kappa shape index (κ3) is 6.42. The highest BCUT2D eigenvalue weighted by Gasteiger charge is 2.28. The molecule has 0 saturated carbocycles. The minimum atomic E-state index is -0.920. The third-order valence-corrected chi connectivity index (χ3v) is 5.97. The maximum atomic E-state index is 11.2. The van der Waals surface area contributed by atoms with Gasteiger partial charge in [-0.05, 0) is 36.3 Å². The Hall–Kier alpha value is -1.20. The van der Waals surface area contributed by atoms with Crippen molar-refractivity contribution in [2.45, 2.75) is 102 Å². The van der Waals surface area contributed by atoms with Crippen LogP contribution in [0.1, 0.15) is 79.9 Å². The molecular weight excluding hydrogens is 360 g/mol. The lowest BCUT2D eigenvalue weighted by Gasteiger charge is -2.29. The van der Waals surface area contributed by atoms with Crippen molar-refractivity contribution in [1.29, 1.82) is 0 Å². The SMILES string of the molecule is CCC(O[C@@H](C)[C@H](C)Sc1cc(C(C)(C)C)c(O)c(C(C)(C)C)c1)C(=O)O. The number of aliphatic carboxylic acids is 1. The number of ether oxygens (including phenoxy) is 1. The maximum Gasteiger partial charge on any atom is 0.332 e. The minimum absolute atomic E-state index is 0.0728. The summed E-state index contributed by atoms with van der Waals surface area (Å²) in [6.07, 6.45) is -0.544. The van der Waals surface area contributed by atoms with E-state index in [0.29, 0.717) is 12.2 Å². The topological polar surface area (TPSA) is 66.8 Å². The van der Waals surface area contributed by atoms with Crippen molar-refractivity contribution in [1.82, 2.24) is 0 Å². The van der Waals surface area contributed by atoms with Crippen LogP contribution in [-0.2, 0) is 20.4 Å². The van der Waals surface area contributed by atoms with Crippen LogP contribution in [0.2, 0.25) is 0 Å². The van der Waals surface area contributed by atoms with Crippen LogP contribution in [-0.4, -0.2) is 33.6 Å². The Morgan fingerprint density at radius 1 is 1.07 bits per heavy atom. The van der Waals surface area contributed by atoms with Gasteiger partial charge in [0.05, 0.1) is 6.10 Å². The summed E-state index contributed by atoms with van der Waals surface area (Å²) in [7, 11) is 0. The fourth-order valence-corrected chi connectivity index (χ4v) is 3.89. The number of phenolic OH excluding ortho intramolecular Hbond substituents is 1. The number of phenols is 1. The number of benzene rings is 1. The summed E-state index contributed by atoms with van der Waals surface area (Å²) in [6, 6.07) is 4.10. The molecule has 27 heavy (non-hydrogen) atoms. The number of aromatic hydroxyl groups is 1. The Morgan fingerprint density at radius 3 is 1.85 bits per heavy atom. The first-order valence-corrected chi connectivity index (χ1v) is 10.5. The van der Waals surface area contributed by atoms with Gasteiger partial charge in [0.15, 0.2) is 6.10 Å². The molecule has 0 saturated heterocycles. The van der Waals surface area contributed by atoms with Crippen LogP contribution in [0.4, 0.5) is 0 Å². The van der Waals surface area contributed by atoms with Crippen LogP contribution in [0, 0.1) is 0 Å². The first-order chi connectivity index (χ1) is 12.2. The van der Waals surface area contributed by atoms with E-state index in [2.05, 4.69) is 41.5 Å². The number of rotatable bonds is 7. The number of carboxylic acids is 1. The summed E-state index contributed by atoms with van der Waals surface area (Å²) >= 11 is 1.66. The Balaban J connectivity index is 3.17. The molecule has 4 nitrogen and oxygen atoms in total. The zero-order chi connectivity index (χ0) is 21.2. The second-order valence-corrected chi connectivity index (χ2v) is 10.7. The van der Waals surface area contributed by atoms with Gasteiger partial charge >= 0.3 is 5.97 Å². The second-order valence-electron chi connectivity index (χ2n) is 9.27. The zero-order valence-electron chi connectivity index (χ0n) is 18.2. The third-order valence-electron chi connectivity index (χ3n) is 4.71. The molecule has 0 aliphatic carbocycles. The first-order valence-electron chi connectivity index (χ1n) is 9.61. The average Bonchev–Trinajstić information content (AvgIpc) is 2.51. The largest absolute Gasteiger partial charge is 0.507 e. The van der Waals surface area contributed by atoms with Crippen LogP contribution in [0.25, 0.3) is 0 Å². The van der Waals surface area contributed by atoms with E-state index in [0.717, 1.165) is 16.0 Å². The molecule has 0 bridgehead atoms. The van der Waals surface area contributed by atoms with Gasteiger partial charge in [-0.25, -0.2) is 4.79 Å².